The van der Waals surface area contributed by atoms with Crippen molar-refractivity contribution in [2.75, 3.05) is 6.61 Å². The summed E-state index contributed by atoms with van der Waals surface area (Å²) in [5.41, 5.74) is 1.35. The first-order valence-corrected chi connectivity index (χ1v) is 11.4. The largest absolute Gasteiger partial charge is 0.466 e. The van der Waals surface area contributed by atoms with Crippen LogP contribution in [0.4, 0.5) is 0 Å². The molecule has 2 heterocycles. The molecule has 0 spiro atoms. The van der Waals surface area contributed by atoms with Crippen molar-refractivity contribution < 1.29 is 17.9 Å². The van der Waals surface area contributed by atoms with Crippen LogP contribution in [0.15, 0.2) is 47.3 Å². The number of hydrogen-bond acceptors (Lipinski definition) is 8. The number of nitrogens with zero attached hydrogens (tertiary/aromatic N) is 3. The Morgan fingerprint density at radius 2 is 1.97 bits per heavy atom. The van der Waals surface area contributed by atoms with Gasteiger partial charge < -0.3 is 4.74 Å². The quantitative estimate of drug-likeness (QED) is 0.324. The van der Waals surface area contributed by atoms with E-state index >= 15 is 0 Å². The van der Waals surface area contributed by atoms with Crippen molar-refractivity contribution in [3.63, 3.8) is 0 Å². The number of carbonyl (C=O) groups is 1. The molecule has 2 aromatic heterocycles. The number of thiazole rings is 1. The molecule has 0 saturated heterocycles. The highest BCUT2D eigenvalue weighted by molar-refractivity contribution is 7.71. The second kappa shape index (κ2) is 8.78. The van der Waals surface area contributed by atoms with Gasteiger partial charge in [0.2, 0.25) is 10.3 Å². The van der Waals surface area contributed by atoms with Gasteiger partial charge in [-0.15, -0.1) is 11.3 Å². The second-order valence-corrected chi connectivity index (χ2v) is 8.52. The topological polar surface area (TPSA) is 108 Å². The summed E-state index contributed by atoms with van der Waals surface area (Å²) in [6, 6.07) is 12.2. The molecular weight excluding hydrogens is 438 g/mol. The molecule has 0 radical (unpaired) electrons. The van der Waals surface area contributed by atoms with E-state index in [-0.39, 0.29) is 25.1 Å². The molecule has 0 aliphatic rings. The number of carbonyl (C=O) groups excluding carboxylic acids is 1. The van der Waals surface area contributed by atoms with Gasteiger partial charge in [-0.2, -0.15) is 13.5 Å². The Bertz CT molecular complexity index is 1490. The smallest absolute Gasteiger partial charge is 0.311 e. The number of hydrogen-bond donors (Lipinski definition) is 0. The molecule has 8 nitrogen and oxygen atoms in total. The predicted octanol–water partition coefficient (Wildman–Crippen LogP) is 2.19. The summed E-state index contributed by atoms with van der Waals surface area (Å²) in [6.45, 7) is 2.13. The van der Waals surface area contributed by atoms with Crippen LogP contribution < -0.4 is 5.56 Å². The van der Waals surface area contributed by atoms with Gasteiger partial charge in [-0.25, -0.2) is 9.67 Å². The molecule has 0 N–H and O–H groups in total. The maximum Gasteiger partial charge on any atom is 0.311 e. The van der Waals surface area contributed by atoms with E-state index < -0.39 is 16.3 Å². The van der Waals surface area contributed by atoms with E-state index in [1.165, 1.54) is 16.0 Å². The van der Waals surface area contributed by atoms with Gasteiger partial charge in [0.05, 0.1) is 46.2 Å². The predicted molar refractivity (Wildman–Crippen MR) is 119 cm³/mol. The van der Waals surface area contributed by atoms with Crippen LogP contribution in [-0.2, 0) is 32.8 Å². The Morgan fingerprint density at radius 3 is 2.71 bits per heavy atom. The fraction of sp³-hybridized carbons (Fsp3) is 0.190. The zero-order valence-corrected chi connectivity index (χ0v) is 18.1. The SMILES string of the molecule is CCOC(=O)Cc1nn(Cc2nc3cc(C=S(=O)=O)ccc3s2)c(=O)c2ccccc12. The third-order valence-electron chi connectivity index (χ3n) is 4.53. The standard InChI is InChI=1S/C21H17N3O5S2/c1-2-29-20(25)10-16-14-5-3-4-6-15(14)21(26)24(23-16)11-19-22-17-9-13(12-31(27)28)7-8-18(17)30-19/h3-9,12H,2,10-11H2,1H3. The van der Waals surface area contributed by atoms with Crippen molar-refractivity contribution in [3.8, 4) is 0 Å². The second-order valence-electron chi connectivity index (χ2n) is 6.65. The highest BCUT2D eigenvalue weighted by Gasteiger charge is 2.15. The first-order chi connectivity index (χ1) is 14.9. The summed E-state index contributed by atoms with van der Waals surface area (Å²) >= 11 is 1.39. The highest BCUT2D eigenvalue weighted by atomic mass is 32.2. The minimum Gasteiger partial charge on any atom is -0.466 e. The van der Waals surface area contributed by atoms with Crippen molar-refractivity contribution in [1.29, 1.82) is 0 Å². The van der Waals surface area contributed by atoms with Crippen LogP contribution in [0.3, 0.4) is 0 Å². The number of aromatic nitrogens is 3. The number of esters is 1. The number of benzene rings is 2. The molecule has 0 fully saturated rings. The van der Waals surface area contributed by atoms with Crippen LogP contribution in [0.25, 0.3) is 21.0 Å². The Balaban J connectivity index is 1.75. The van der Waals surface area contributed by atoms with E-state index in [0.29, 0.717) is 32.6 Å². The molecule has 0 atom stereocenters. The lowest BCUT2D eigenvalue weighted by Gasteiger charge is -2.10. The van der Waals surface area contributed by atoms with Gasteiger partial charge >= 0.3 is 5.97 Å². The molecule has 0 saturated carbocycles. The molecule has 0 bridgehead atoms. The van der Waals surface area contributed by atoms with Gasteiger partial charge in [0, 0.05) is 5.39 Å². The average Bonchev–Trinajstić information content (AvgIpc) is 3.13. The third kappa shape index (κ3) is 4.54. The monoisotopic (exact) mass is 455 g/mol. The van der Waals surface area contributed by atoms with Crippen molar-refractivity contribution in [2.45, 2.75) is 19.9 Å². The molecule has 2 aromatic carbocycles. The molecule has 4 rings (SSSR count). The minimum atomic E-state index is -2.30. The molecule has 31 heavy (non-hydrogen) atoms. The van der Waals surface area contributed by atoms with Crippen molar-refractivity contribution >= 4 is 54.0 Å². The molecule has 0 aliphatic carbocycles. The Labute approximate surface area is 182 Å². The molecule has 0 amide bonds. The fourth-order valence-electron chi connectivity index (χ4n) is 3.26. The van der Waals surface area contributed by atoms with Crippen LogP contribution in [0.5, 0.6) is 0 Å². The van der Waals surface area contributed by atoms with Crippen LogP contribution in [0.1, 0.15) is 23.2 Å². The zero-order chi connectivity index (χ0) is 22.0. The Hall–Kier alpha value is -3.37. The third-order valence-corrected chi connectivity index (χ3v) is 6.02. The van der Waals surface area contributed by atoms with Crippen LogP contribution in [0.2, 0.25) is 0 Å². The lowest BCUT2D eigenvalue weighted by molar-refractivity contribution is -0.142. The van der Waals surface area contributed by atoms with E-state index in [4.69, 9.17) is 4.74 Å². The number of ether oxygens (including phenoxy) is 1. The van der Waals surface area contributed by atoms with Gasteiger partial charge in [0.15, 0.2) is 0 Å². The number of rotatable bonds is 6. The summed E-state index contributed by atoms with van der Waals surface area (Å²) in [6.07, 6.45) is -0.0417. The minimum absolute atomic E-state index is 0.0417. The highest BCUT2D eigenvalue weighted by Crippen LogP contribution is 2.23. The van der Waals surface area contributed by atoms with Crippen LogP contribution >= 0.6 is 11.3 Å². The Morgan fingerprint density at radius 1 is 1.19 bits per heavy atom. The van der Waals surface area contributed by atoms with Gasteiger partial charge in [0.25, 0.3) is 5.56 Å². The van der Waals surface area contributed by atoms with Gasteiger partial charge in [0.1, 0.15) is 5.01 Å². The van der Waals surface area contributed by atoms with Gasteiger partial charge in [-0.05, 0) is 30.7 Å². The van der Waals surface area contributed by atoms with E-state index in [2.05, 4.69) is 10.1 Å². The van der Waals surface area contributed by atoms with Crippen LogP contribution in [-0.4, -0.2) is 41.1 Å². The van der Waals surface area contributed by atoms with Gasteiger partial charge in [-0.3, -0.25) is 9.59 Å². The van der Waals surface area contributed by atoms with Crippen LogP contribution in [0, 0.1) is 0 Å². The molecule has 0 unspecified atom stereocenters. The van der Waals surface area contributed by atoms with E-state index in [1.54, 1.807) is 49.4 Å². The summed E-state index contributed by atoms with van der Waals surface area (Å²) in [5.74, 6) is -0.412. The maximum absolute atomic E-state index is 13.0. The molecular formula is C21H17N3O5S2. The maximum atomic E-state index is 13.0. The zero-order valence-electron chi connectivity index (χ0n) is 16.4. The summed E-state index contributed by atoms with van der Waals surface area (Å²) < 4.78 is 29.0. The van der Waals surface area contributed by atoms with E-state index in [1.807, 2.05) is 0 Å². The summed E-state index contributed by atoms with van der Waals surface area (Å²) in [4.78, 5) is 29.5. The first-order valence-electron chi connectivity index (χ1n) is 9.41. The summed E-state index contributed by atoms with van der Waals surface area (Å²) in [5, 5.41) is 7.26. The Kier molecular flexibility index (Phi) is 5.92. The number of fused-ring (bicyclic) bond motifs is 2. The molecule has 0 aliphatic heterocycles. The average molecular weight is 456 g/mol. The summed E-state index contributed by atoms with van der Waals surface area (Å²) in [7, 11) is -2.30. The molecule has 158 valence electrons. The molecule has 10 heteroatoms. The normalized spacial score (nSPS) is 11.0. The van der Waals surface area contributed by atoms with E-state index in [9.17, 15) is 18.0 Å². The first kappa shape index (κ1) is 20.9. The van der Waals surface area contributed by atoms with Crippen molar-refractivity contribution in [2.24, 2.45) is 0 Å². The van der Waals surface area contributed by atoms with E-state index in [0.717, 1.165) is 10.1 Å². The lowest BCUT2D eigenvalue weighted by Crippen LogP contribution is -2.26. The van der Waals surface area contributed by atoms with Gasteiger partial charge in [-0.1, -0.05) is 24.3 Å². The van der Waals surface area contributed by atoms with Crippen molar-refractivity contribution in [1.82, 2.24) is 14.8 Å². The molecule has 4 aromatic rings. The fourth-order valence-corrected chi connectivity index (χ4v) is 4.56. The lowest BCUT2D eigenvalue weighted by atomic mass is 10.1. The van der Waals surface area contributed by atoms with Crippen molar-refractivity contribution in [3.05, 3.63) is 69.1 Å².